The van der Waals surface area contributed by atoms with E-state index < -0.39 is 0 Å². The van der Waals surface area contributed by atoms with Crippen LogP contribution in [0.4, 0.5) is 0 Å². The topological polar surface area (TPSA) is 78.6 Å². The number of aliphatic imine (C=N–C) groups is 1. The van der Waals surface area contributed by atoms with Crippen LogP contribution >= 0.6 is 0 Å². The average molecular weight is 342 g/mol. The maximum absolute atomic E-state index is 9.76. The van der Waals surface area contributed by atoms with Gasteiger partial charge in [0.2, 0.25) is 0 Å². The van der Waals surface area contributed by atoms with Crippen molar-refractivity contribution in [3.63, 3.8) is 0 Å². The second-order valence-electron chi connectivity index (χ2n) is 6.42. The van der Waals surface area contributed by atoms with Crippen LogP contribution in [0.25, 0.3) is 0 Å². The van der Waals surface area contributed by atoms with Gasteiger partial charge >= 0.3 is 0 Å². The molecule has 1 aliphatic rings. The van der Waals surface area contributed by atoms with Crippen LogP contribution in [-0.4, -0.2) is 49.9 Å². The molecular weight excluding hydrogens is 316 g/mol. The van der Waals surface area contributed by atoms with Crippen molar-refractivity contribution < 1.29 is 5.11 Å². The summed E-state index contributed by atoms with van der Waals surface area (Å²) in [7, 11) is 1.96. The molecule has 1 aliphatic heterocycles. The predicted octanol–water partition coefficient (Wildman–Crippen LogP) is 1.23. The van der Waals surface area contributed by atoms with Crippen LogP contribution in [0.5, 0.6) is 0 Å². The molecule has 0 spiro atoms. The minimum absolute atomic E-state index is 0.201. The highest BCUT2D eigenvalue weighted by molar-refractivity contribution is 5.80. The summed E-state index contributed by atoms with van der Waals surface area (Å²) in [6.07, 6.45) is 1.34. The highest BCUT2D eigenvalue weighted by Gasteiger charge is 2.20. The van der Waals surface area contributed by atoms with E-state index in [1.165, 1.54) is 5.56 Å². The fourth-order valence-electron chi connectivity index (χ4n) is 2.86. The Labute approximate surface area is 148 Å². The van der Waals surface area contributed by atoms with Crippen molar-refractivity contribution in [3.8, 4) is 0 Å². The molecule has 7 heteroatoms. The van der Waals surface area contributed by atoms with Gasteiger partial charge in [-0.05, 0) is 25.3 Å². The van der Waals surface area contributed by atoms with E-state index in [1.54, 1.807) is 0 Å². The van der Waals surface area contributed by atoms with Gasteiger partial charge in [-0.25, -0.2) is 4.99 Å². The van der Waals surface area contributed by atoms with Gasteiger partial charge in [0.05, 0.1) is 19.2 Å². The molecule has 0 amide bonds. The molecule has 1 saturated heterocycles. The van der Waals surface area contributed by atoms with E-state index in [0.29, 0.717) is 13.1 Å². The van der Waals surface area contributed by atoms with Crippen LogP contribution in [0.2, 0.25) is 0 Å². The summed E-state index contributed by atoms with van der Waals surface area (Å²) in [5.74, 6) is 2.62. The Morgan fingerprint density at radius 1 is 1.24 bits per heavy atom. The SMILES string of the molecule is Cc1nnc(CNC(=NCc2ccccc2)N2CCC(O)CC2)n1C. The lowest BCUT2D eigenvalue weighted by atomic mass is 10.1. The Morgan fingerprint density at radius 3 is 2.60 bits per heavy atom. The second-order valence-corrected chi connectivity index (χ2v) is 6.42. The van der Waals surface area contributed by atoms with E-state index >= 15 is 0 Å². The van der Waals surface area contributed by atoms with Gasteiger partial charge < -0.3 is 19.9 Å². The highest BCUT2D eigenvalue weighted by atomic mass is 16.3. The van der Waals surface area contributed by atoms with Crippen molar-refractivity contribution in [1.29, 1.82) is 0 Å². The van der Waals surface area contributed by atoms with Crippen LogP contribution < -0.4 is 5.32 Å². The number of aliphatic hydroxyl groups excluding tert-OH is 1. The molecule has 7 nitrogen and oxygen atoms in total. The second kappa shape index (κ2) is 8.11. The summed E-state index contributed by atoms with van der Waals surface area (Å²) in [6, 6.07) is 10.2. The fraction of sp³-hybridized carbons (Fsp3) is 0.500. The van der Waals surface area contributed by atoms with Gasteiger partial charge in [-0.15, -0.1) is 10.2 Å². The molecule has 0 radical (unpaired) electrons. The lowest BCUT2D eigenvalue weighted by Gasteiger charge is -2.32. The number of aliphatic hydroxyl groups is 1. The smallest absolute Gasteiger partial charge is 0.194 e. The molecule has 0 unspecified atom stereocenters. The molecule has 1 aromatic heterocycles. The molecule has 0 atom stereocenters. The molecule has 0 bridgehead atoms. The molecule has 1 fully saturated rings. The predicted molar refractivity (Wildman–Crippen MR) is 97.0 cm³/mol. The first-order valence-electron chi connectivity index (χ1n) is 8.73. The number of guanidine groups is 1. The summed E-state index contributed by atoms with van der Waals surface area (Å²) in [6.45, 7) is 4.75. The Kier molecular flexibility index (Phi) is 5.65. The summed E-state index contributed by atoms with van der Waals surface area (Å²) in [4.78, 5) is 6.99. The number of hydrogen-bond acceptors (Lipinski definition) is 4. The average Bonchev–Trinajstić information content (AvgIpc) is 2.96. The number of nitrogens with zero attached hydrogens (tertiary/aromatic N) is 5. The Morgan fingerprint density at radius 2 is 1.96 bits per heavy atom. The fourth-order valence-corrected chi connectivity index (χ4v) is 2.86. The van der Waals surface area contributed by atoms with Crippen molar-refractivity contribution in [1.82, 2.24) is 25.0 Å². The molecule has 2 heterocycles. The minimum atomic E-state index is -0.201. The molecule has 0 aliphatic carbocycles. The summed E-state index contributed by atoms with van der Waals surface area (Å²) in [5.41, 5.74) is 1.17. The largest absolute Gasteiger partial charge is 0.393 e. The minimum Gasteiger partial charge on any atom is -0.393 e. The maximum atomic E-state index is 9.76. The van der Waals surface area contributed by atoms with Crippen LogP contribution in [0.3, 0.4) is 0 Å². The number of likely N-dealkylation sites (tertiary alicyclic amines) is 1. The third-order valence-corrected chi connectivity index (χ3v) is 4.61. The van der Waals surface area contributed by atoms with Crippen LogP contribution in [0.1, 0.15) is 30.1 Å². The number of hydrogen-bond donors (Lipinski definition) is 2. The first kappa shape index (κ1) is 17.4. The van der Waals surface area contributed by atoms with Crippen molar-refractivity contribution in [2.24, 2.45) is 12.0 Å². The van der Waals surface area contributed by atoms with E-state index in [0.717, 1.165) is 43.5 Å². The normalized spacial score (nSPS) is 16.3. The Bertz CT molecular complexity index is 704. The lowest BCUT2D eigenvalue weighted by Crippen LogP contribution is -2.46. The monoisotopic (exact) mass is 342 g/mol. The zero-order valence-corrected chi connectivity index (χ0v) is 14.9. The lowest BCUT2D eigenvalue weighted by molar-refractivity contribution is 0.108. The summed E-state index contributed by atoms with van der Waals surface area (Å²) >= 11 is 0. The number of aryl methyl sites for hydroxylation is 1. The Hall–Kier alpha value is -2.41. The van der Waals surface area contributed by atoms with E-state index in [1.807, 2.05) is 36.7 Å². The van der Waals surface area contributed by atoms with Crippen LogP contribution in [0.15, 0.2) is 35.3 Å². The number of nitrogens with one attached hydrogen (secondary N) is 1. The van der Waals surface area contributed by atoms with Gasteiger partial charge in [0.25, 0.3) is 0 Å². The van der Waals surface area contributed by atoms with E-state index in [-0.39, 0.29) is 6.10 Å². The van der Waals surface area contributed by atoms with E-state index in [2.05, 4.69) is 32.5 Å². The molecular formula is C18H26N6O. The van der Waals surface area contributed by atoms with Crippen LogP contribution in [0, 0.1) is 6.92 Å². The Balaban J connectivity index is 1.70. The molecule has 2 aromatic rings. The van der Waals surface area contributed by atoms with Gasteiger partial charge in [-0.2, -0.15) is 0 Å². The van der Waals surface area contributed by atoms with Crippen molar-refractivity contribution in [3.05, 3.63) is 47.5 Å². The molecule has 3 rings (SSSR count). The van der Waals surface area contributed by atoms with Gasteiger partial charge in [-0.1, -0.05) is 30.3 Å². The standard InChI is InChI=1S/C18H26N6O/c1-14-21-22-17(23(14)2)13-20-18(24-10-8-16(25)9-11-24)19-12-15-6-4-3-5-7-15/h3-7,16,25H,8-13H2,1-2H3,(H,19,20). The molecule has 134 valence electrons. The number of benzene rings is 1. The number of piperidine rings is 1. The van der Waals surface area contributed by atoms with Crippen molar-refractivity contribution in [2.75, 3.05) is 13.1 Å². The van der Waals surface area contributed by atoms with Gasteiger partial charge in [-0.3, -0.25) is 0 Å². The first-order chi connectivity index (χ1) is 12.1. The van der Waals surface area contributed by atoms with Crippen molar-refractivity contribution in [2.45, 2.75) is 39.0 Å². The number of aromatic nitrogens is 3. The van der Waals surface area contributed by atoms with Gasteiger partial charge in [0.15, 0.2) is 11.8 Å². The zero-order valence-electron chi connectivity index (χ0n) is 14.9. The summed E-state index contributed by atoms with van der Waals surface area (Å²) < 4.78 is 1.97. The molecule has 25 heavy (non-hydrogen) atoms. The highest BCUT2D eigenvalue weighted by Crippen LogP contribution is 2.11. The van der Waals surface area contributed by atoms with Gasteiger partial charge in [0.1, 0.15) is 5.82 Å². The first-order valence-corrected chi connectivity index (χ1v) is 8.73. The quantitative estimate of drug-likeness (QED) is 0.645. The number of rotatable bonds is 4. The molecule has 2 N–H and O–H groups in total. The third-order valence-electron chi connectivity index (χ3n) is 4.61. The van der Waals surface area contributed by atoms with Crippen molar-refractivity contribution >= 4 is 5.96 Å². The molecule has 1 aromatic carbocycles. The van der Waals surface area contributed by atoms with E-state index in [4.69, 9.17) is 4.99 Å². The van der Waals surface area contributed by atoms with Gasteiger partial charge in [0, 0.05) is 20.1 Å². The summed E-state index contributed by atoms with van der Waals surface area (Å²) in [5, 5.41) is 21.5. The zero-order chi connectivity index (χ0) is 17.6. The third kappa shape index (κ3) is 4.57. The van der Waals surface area contributed by atoms with E-state index in [9.17, 15) is 5.11 Å². The van der Waals surface area contributed by atoms with Crippen LogP contribution in [-0.2, 0) is 20.1 Å². The maximum Gasteiger partial charge on any atom is 0.194 e. The molecule has 0 saturated carbocycles.